The lowest BCUT2D eigenvalue weighted by atomic mass is 10.4. The first kappa shape index (κ1) is 11.7. The van der Waals surface area contributed by atoms with Crippen LogP contribution in [0.1, 0.15) is 14.5 Å². The van der Waals surface area contributed by atoms with E-state index in [2.05, 4.69) is 0 Å². The van der Waals surface area contributed by atoms with E-state index in [-0.39, 0.29) is 12.5 Å². The van der Waals surface area contributed by atoms with Crippen LogP contribution in [0, 0.1) is 6.92 Å². The van der Waals surface area contributed by atoms with Crippen LogP contribution in [-0.2, 0) is 9.53 Å². The highest BCUT2D eigenvalue weighted by molar-refractivity contribution is 7.13. The van der Waals surface area contributed by atoms with Crippen LogP contribution >= 0.6 is 11.3 Å². The molecular formula is C10H13NO3S. The number of hydrogen-bond donors (Lipinski definition) is 0. The summed E-state index contributed by atoms with van der Waals surface area (Å²) in [6.45, 7) is 1.70. The van der Waals surface area contributed by atoms with Crippen LogP contribution in [0.15, 0.2) is 12.1 Å². The van der Waals surface area contributed by atoms with Gasteiger partial charge in [-0.3, -0.25) is 4.79 Å². The first-order chi connectivity index (χ1) is 7.00. The second-order valence-electron chi connectivity index (χ2n) is 3.27. The van der Waals surface area contributed by atoms with Gasteiger partial charge in [0.15, 0.2) is 6.61 Å². The fraction of sp³-hybridized carbons (Fsp3) is 0.400. The predicted octanol–water partition coefficient (Wildman–Crippen LogP) is 1.30. The molecule has 0 spiro atoms. The Hall–Kier alpha value is -1.36. The molecule has 0 N–H and O–H groups in total. The zero-order valence-electron chi connectivity index (χ0n) is 8.94. The van der Waals surface area contributed by atoms with Gasteiger partial charge >= 0.3 is 5.97 Å². The standard InChI is InChI=1S/C10H13NO3S/c1-7-4-5-8(15-7)10(13)14-6-9(12)11(2)3/h4-5H,6H2,1-3H3. The van der Waals surface area contributed by atoms with E-state index in [1.54, 1.807) is 20.2 Å². The minimum atomic E-state index is -0.441. The number of esters is 1. The summed E-state index contributed by atoms with van der Waals surface area (Å²) in [5, 5.41) is 0. The van der Waals surface area contributed by atoms with Crippen LogP contribution in [-0.4, -0.2) is 37.5 Å². The largest absolute Gasteiger partial charge is 0.451 e. The Kier molecular flexibility index (Phi) is 3.85. The molecule has 1 aromatic heterocycles. The maximum absolute atomic E-state index is 11.4. The predicted molar refractivity (Wildman–Crippen MR) is 58.0 cm³/mol. The van der Waals surface area contributed by atoms with Crippen molar-refractivity contribution in [1.29, 1.82) is 0 Å². The van der Waals surface area contributed by atoms with Gasteiger partial charge in [0, 0.05) is 19.0 Å². The van der Waals surface area contributed by atoms with Crippen molar-refractivity contribution in [3.63, 3.8) is 0 Å². The summed E-state index contributed by atoms with van der Waals surface area (Å²) in [7, 11) is 3.23. The SMILES string of the molecule is Cc1ccc(C(=O)OCC(=O)N(C)C)s1. The van der Waals surface area contributed by atoms with Crippen LogP contribution < -0.4 is 0 Å². The molecule has 4 nitrogen and oxygen atoms in total. The third kappa shape index (κ3) is 3.36. The van der Waals surface area contributed by atoms with Gasteiger partial charge in [0.2, 0.25) is 0 Å². The van der Waals surface area contributed by atoms with E-state index in [0.717, 1.165) is 4.88 Å². The molecule has 0 unspecified atom stereocenters. The number of amides is 1. The molecule has 0 atom stereocenters. The van der Waals surface area contributed by atoms with Gasteiger partial charge in [-0.05, 0) is 19.1 Å². The van der Waals surface area contributed by atoms with Crippen LogP contribution in [0.2, 0.25) is 0 Å². The minimum absolute atomic E-state index is 0.206. The molecule has 1 aromatic rings. The van der Waals surface area contributed by atoms with Crippen molar-refractivity contribution in [2.24, 2.45) is 0 Å². The molecule has 0 aliphatic heterocycles. The number of nitrogens with zero attached hydrogens (tertiary/aromatic N) is 1. The van der Waals surface area contributed by atoms with Gasteiger partial charge < -0.3 is 9.64 Å². The molecule has 82 valence electrons. The molecule has 0 radical (unpaired) electrons. The third-order valence-electron chi connectivity index (χ3n) is 1.77. The van der Waals surface area contributed by atoms with Crippen molar-refractivity contribution < 1.29 is 14.3 Å². The lowest BCUT2D eigenvalue weighted by molar-refractivity contribution is -0.131. The highest BCUT2D eigenvalue weighted by Gasteiger charge is 2.12. The van der Waals surface area contributed by atoms with E-state index in [4.69, 9.17) is 4.74 Å². The normalized spacial score (nSPS) is 9.80. The van der Waals surface area contributed by atoms with Crippen molar-refractivity contribution >= 4 is 23.2 Å². The maximum Gasteiger partial charge on any atom is 0.348 e. The van der Waals surface area contributed by atoms with Gasteiger partial charge in [-0.2, -0.15) is 0 Å². The van der Waals surface area contributed by atoms with E-state index in [1.807, 2.05) is 13.0 Å². The Morgan fingerprint density at radius 3 is 2.53 bits per heavy atom. The molecule has 0 saturated carbocycles. The fourth-order valence-electron chi connectivity index (χ4n) is 0.872. The molecule has 5 heteroatoms. The number of ether oxygens (including phenoxy) is 1. The van der Waals surface area contributed by atoms with E-state index < -0.39 is 5.97 Å². The van der Waals surface area contributed by atoms with Gasteiger partial charge in [0.25, 0.3) is 5.91 Å². The molecular weight excluding hydrogens is 214 g/mol. The molecule has 0 saturated heterocycles. The van der Waals surface area contributed by atoms with Gasteiger partial charge in [-0.25, -0.2) is 4.79 Å². The zero-order chi connectivity index (χ0) is 11.4. The number of aryl methyl sites for hydroxylation is 1. The monoisotopic (exact) mass is 227 g/mol. The van der Waals surface area contributed by atoms with Crippen molar-refractivity contribution in [3.8, 4) is 0 Å². The zero-order valence-corrected chi connectivity index (χ0v) is 9.76. The topological polar surface area (TPSA) is 46.6 Å². The van der Waals surface area contributed by atoms with Gasteiger partial charge in [0.1, 0.15) is 4.88 Å². The summed E-state index contributed by atoms with van der Waals surface area (Å²) in [5.41, 5.74) is 0. The van der Waals surface area contributed by atoms with E-state index in [9.17, 15) is 9.59 Å². The van der Waals surface area contributed by atoms with Crippen LogP contribution in [0.25, 0.3) is 0 Å². The number of carbonyl (C=O) groups excluding carboxylic acids is 2. The first-order valence-electron chi connectivity index (χ1n) is 4.44. The summed E-state index contributed by atoms with van der Waals surface area (Å²) in [6.07, 6.45) is 0. The second-order valence-corrected chi connectivity index (χ2v) is 4.56. The summed E-state index contributed by atoms with van der Waals surface area (Å²) in [6, 6.07) is 3.54. The molecule has 0 aromatic carbocycles. The van der Waals surface area contributed by atoms with Crippen molar-refractivity contribution in [1.82, 2.24) is 4.90 Å². The Morgan fingerprint density at radius 2 is 2.07 bits per heavy atom. The Balaban J connectivity index is 2.47. The Morgan fingerprint density at radius 1 is 1.40 bits per heavy atom. The molecule has 0 aliphatic rings. The van der Waals surface area contributed by atoms with E-state index in [0.29, 0.717) is 4.88 Å². The lowest BCUT2D eigenvalue weighted by Gasteiger charge is -2.09. The van der Waals surface area contributed by atoms with Gasteiger partial charge in [-0.1, -0.05) is 0 Å². The molecule has 15 heavy (non-hydrogen) atoms. The van der Waals surface area contributed by atoms with Crippen molar-refractivity contribution in [3.05, 3.63) is 21.9 Å². The van der Waals surface area contributed by atoms with E-state index in [1.165, 1.54) is 16.2 Å². The average Bonchev–Trinajstić information content (AvgIpc) is 2.60. The fourth-order valence-corrected chi connectivity index (χ4v) is 1.63. The molecule has 1 rings (SSSR count). The average molecular weight is 227 g/mol. The summed E-state index contributed by atoms with van der Waals surface area (Å²) >= 11 is 1.36. The number of hydrogen-bond acceptors (Lipinski definition) is 4. The molecule has 0 bridgehead atoms. The summed E-state index contributed by atoms with van der Waals surface area (Å²) in [5.74, 6) is -0.667. The lowest BCUT2D eigenvalue weighted by Crippen LogP contribution is -2.27. The van der Waals surface area contributed by atoms with Crippen molar-refractivity contribution in [2.45, 2.75) is 6.92 Å². The number of rotatable bonds is 3. The number of carbonyl (C=O) groups is 2. The first-order valence-corrected chi connectivity index (χ1v) is 5.26. The van der Waals surface area contributed by atoms with Crippen LogP contribution in [0.3, 0.4) is 0 Å². The summed E-state index contributed by atoms with van der Waals surface area (Å²) < 4.78 is 4.84. The van der Waals surface area contributed by atoms with Gasteiger partial charge in [-0.15, -0.1) is 11.3 Å². The van der Waals surface area contributed by atoms with Crippen LogP contribution in [0.5, 0.6) is 0 Å². The third-order valence-corrected chi connectivity index (χ3v) is 2.75. The highest BCUT2D eigenvalue weighted by atomic mass is 32.1. The second kappa shape index (κ2) is 4.93. The smallest absolute Gasteiger partial charge is 0.348 e. The van der Waals surface area contributed by atoms with Crippen molar-refractivity contribution in [2.75, 3.05) is 20.7 Å². The molecule has 1 heterocycles. The number of thiophene rings is 1. The summed E-state index contributed by atoms with van der Waals surface area (Å²) in [4.78, 5) is 25.5. The number of likely N-dealkylation sites (N-methyl/N-ethyl adjacent to an activating group) is 1. The Labute approximate surface area is 92.5 Å². The van der Waals surface area contributed by atoms with Gasteiger partial charge in [0.05, 0.1) is 0 Å². The molecule has 0 aliphatic carbocycles. The minimum Gasteiger partial charge on any atom is -0.451 e. The molecule has 1 amide bonds. The van der Waals surface area contributed by atoms with E-state index >= 15 is 0 Å². The quantitative estimate of drug-likeness (QED) is 0.731. The highest BCUT2D eigenvalue weighted by Crippen LogP contribution is 2.15. The van der Waals surface area contributed by atoms with Crippen LogP contribution in [0.4, 0.5) is 0 Å². The maximum atomic E-state index is 11.4. The Bertz CT molecular complexity index is 370. The molecule has 0 fully saturated rings.